The number of H-pyrrole nitrogens is 1. The van der Waals surface area contributed by atoms with Gasteiger partial charge in [0, 0.05) is 48.7 Å². The highest BCUT2D eigenvalue weighted by Crippen LogP contribution is 2.50. The number of fused-ring (bicyclic) bond motifs is 8. The van der Waals surface area contributed by atoms with E-state index in [4.69, 9.17) is 15.2 Å². The van der Waals surface area contributed by atoms with Gasteiger partial charge in [-0.3, -0.25) is 4.79 Å². The first-order valence-corrected chi connectivity index (χ1v) is 22.4. The first-order chi connectivity index (χ1) is 29.6. The molecule has 3 aliphatic heterocycles. The Morgan fingerprint density at radius 2 is 1.90 bits per heavy atom. The molecule has 2 aromatic carbocycles. The summed E-state index contributed by atoms with van der Waals surface area (Å²) in [4.78, 5) is 17.5. The molecule has 0 saturated heterocycles. The van der Waals surface area contributed by atoms with E-state index in [-0.39, 0.29) is 24.3 Å². The molecule has 0 amide bonds. The van der Waals surface area contributed by atoms with Crippen molar-refractivity contribution in [1.82, 2.24) is 14.9 Å². The molecule has 9 rings (SSSR count). The maximum absolute atomic E-state index is 14.0. The molecule has 1 saturated carbocycles. The Bertz CT molecular complexity index is 2470. The van der Waals surface area contributed by atoms with Crippen molar-refractivity contribution >= 4 is 22.8 Å². The SMILES string of the molecule is CCCCCC(C(=O)CCc1ccc2c(c1)OC1C(C#CC(O)c3ccc4c(c3Cc3c[nH]c5cn1cc35)C=CNC4N)C1(C#CO2)CCCC1)C(O)C1C=CC(C)CC1O. The number of aromatic amines is 1. The molecule has 318 valence electrons. The third-order valence-corrected chi connectivity index (χ3v) is 14.0. The molecule has 2 aromatic heterocycles. The van der Waals surface area contributed by atoms with Crippen molar-refractivity contribution in [3.05, 3.63) is 101 Å². The summed E-state index contributed by atoms with van der Waals surface area (Å²) < 4.78 is 15.4. The number of rotatable bonds is 10. The van der Waals surface area contributed by atoms with Crippen molar-refractivity contribution in [2.75, 3.05) is 0 Å². The molecule has 5 heterocycles. The van der Waals surface area contributed by atoms with Crippen LogP contribution in [0.4, 0.5) is 0 Å². The summed E-state index contributed by atoms with van der Waals surface area (Å²) in [5.41, 5.74) is 12.6. The summed E-state index contributed by atoms with van der Waals surface area (Å²) in [5, 5.41) is 38.7. The second kappa shape index (κ2) is 17.3. The van der Waals surface area contributed by atoms with E-state index in [0.717, 1.165) is 89.2 Å². The van der Waals surface area contributed by atoms with Crippen LogP contribution >= 0.6 is 0 Å². The molecule has 2 aliphatic carbocycles. The number of nitrogens with one attached hydrogen (secondary N) is 2. The van der Waals surface area contributed by atoms with Crippen LogP contribution in [0.5, 0.6) is 11.5 Å². The molecular weight excluding hydrogens is 765 g/mol. The summed E-state index contributed by atoms with van der Waals surface area (Å²) in [5.74, 6) is 10.1. The predicted molar refractivity (Wildman–Crippen MR) is 236 cm³/mol. The lowest BCUT2D eigenvalue weighted by Crippen LogP contribution is -2.41. The zero-order valence-electron chi connectivity index (χ0n) is 35.2. The number of aryl methyl sites for hydroxylation is 1. The van der Waals surface area contributed by atoms with Crippen LogP contribution in [-0.4, -0.2) is 42.9 Å². The summed E-state index contributed by atoms with van der Waals surface area (Å²) in [6, 6.07) is 9.69. The Labute approximate surface area is 358 Å². The van der Waals surface area contributed by atoms with E-state index in [2.05, 4.69) is 65.0 Å². The van der Waals surface area contributed by atoms with E-state index in [1.165, 1.54) is 0 Å². The summed E-state index contributed by atoms with van der Waals surface area (Å²) in [6.07, 6.45) is 22.3. The fourth-order valence-corrected chi connectivity index (χ4v) is 10.5. The number of benzene rings is 2. The Kier molecular flexibility index (Phi) is 11.6. The van der Waals surface area contributed by atoms with E-state index in [1.807, 2.05) is 61.0 Å². The van der Waals surface area contributed by atoms with Crippen molar-refractivity contribution in [3.63, 3.8) is 0 Å². The number of Topliss-reactive ketones (excluding diaryl/α,β-unsaturated/α-hetero) is 1. The lowest BCUT2D eigenvalue weighted by molar-refractivity contribution is -0.129. The molecule has 10 nitrogen and oxygen atoms in total. The summed E-state index contributed by atoms with van der Waals surface area (Å²) in [7, 11) is 0. The molecule has 9 atom stereocenters. The maximum atomic E-state index is 14.0. The number of nitrogens with zero attached hydrogens (tertiary/aromatic N) is 1. The van der Waals surface area contributed by atoms with E-state index in [1.54, 1.807) is 0 Å². The van der Waals surface area contributed by atoms with Crippen LogP contribution in [0, 0.1) is 53.0 Å². The van der Waals surface area contributed by atoms with Crippen LogP contribution in [0.3, 0.4) is 0 Å². The number of carbonyl (C=O) groups is 1. The average Bonchev–Trinajstić information content (AvgIpc) is 4.00. The quantitative estimate of drug-likeness (QED) is 0.0537. The van der Waals surface area contributed by atoms with Crippen molar-refractivity contribution < 1.29 is 29.6 Å². The number of hydrogen-bond donors (Lipinski definition) is 6. The van der Waals surface area contributed by atoms with Crippen molar-refractivity contribution in [3.8, 4) is 35.4 Å². The predicted octanol–water partition coefficient (Wildman–Crippen LogP) is 7.88. The largest absolute Gasteiger partial charge is 0.465 e. The van der Waals surface area contributed by atoms with Crippen LogP contribution in [0.1, 0.15) is 130 Å². The summed E-state index contributed by atoms with van der Waals surface area (Å²) in [6.45, 7) is 4.18. The number of ether oxygens (including phenoxy) is 2. The lowest BCUT2D eigenvalue weighted by Gasteiger charge is -2.35. The van der Waals surface area contributed by atoms with Crippen LogP contribution in [0.2, 0.25) is 0 Å². The molecule has 1 spiro atoms. The van der Waals surface area contributed by atoms with Gasteiger partial charge in [0.15, 0.2) is 17.7 Å². The van der Waals surface area contributed by atoms with Crippen LogP contribution in [-0.2, 0) is 17.6 Å². The van der Waals surface area contributed by atoms with Gasteiger partial charge >= 0.3 is 0 Å². The Balaban J connectivity index is 1.06. The van der Waals surface area contributed by atoms with Crippen molar-refractivity contribution in [2.45, 2.75) is 122 Å². The van der Waals surface area contributed by atoms with E-state index in [0.29, 0.717) is 37.2 Å². The molecule has 5 aliphatic rings. The number of allylic oxidation sites excluding steroid dienone is 1. The highest BCUT2D eigenvalue weighted by Gasteiger charge is 2.47. The van der Waals surface area contributed by atoms with Gasteiger partial charge in [0.2, 0.25) is 0 Å². The minimum absolute atomic E-state index is 0.00150. The van der Waals surface area contributed by atoms with Gasteiger partial charge < -0.3 is 45.4 Å². The number of aliphatic hydroxyl groups excluding tert-OH is 3. The third kappa shape index (κ3) is 8.04. The average molecular weight is 823 g/mol. The van der Waals surface area contributed by atoms with Gasteiger partial charge in [-0.1, -0.05) is 94.1 Å². The second-order valence-electron chi connectivity index (χ2n) is 18.1. The fraction of sp³-hybridized carbons (Fsp3) is 0.471. The number of unbranched alkanes of at least 4 members (excludes halogenated alkanes) is 2. The highest BCUT2D eigenvalue weighted by atomic mass is 16.5. The number of aliphatic hydroxyl groups is 3. The molecular formula is C51H58N4O6. The molecule has 4 aromatic rings. The van der Waals surface area contributed by atoms with E-state index in [9.17, 15) is 20.1 Å². The zero-order chi connectivity index (χ0) is 42.3. The zero-order valence-corrected chi connectivity index (χ0v) is 35.2. The molecule has 7 N–H and O–H groups in total. The lowest BCUT2D eigenvalue weighted by atomic mass is 9.73. The maximum Gasteiger partial charge on any atom is 0.191 e. The van der Waals surface area contributed by atoms with Gasteiger partial charge in [-0.05, 0) is 95.8 Å². The molecule has 2 bridgehead atoms. The van der Waals surface area contributed by atoms with Gasteiger partial charge in [-0.2, -0.15) is 0 Å². The second-order valence-corrected chi connectivity index (χ2v) is 18.1. The number of aromatic nitrogens is 2. The monoisotopic (exact) mass is 822 g/mol. The van der Waals surface area contributed by atoms with Crippen molar-refractivity contribution in [1.29, 1.82) is 0 Å². The van der Waals surface area contributed by atoms with Gasteiger partial charge in [0.1, 0.15) is 24.2 Å². The molecule has 10 heteroatoms. The van der Waals surface area contributed by atoms with E-state index < -0.39 is 47.7 Å². The van der Waals surface area contributed by atoms with Crippen molar-refractivity contribution in [2.24, 2.45) is 34.8 Å². The van der Waals surface area contributed by atoms with Gasteiger partial charge in [0.25, 0.3) is 0 Å². The minimum atomic E-state index is -1.07. The Hall–Kier alpha value is -5.23. The number of carbonyl (C=O) groups excluding carboxylic acids is 1. The van der Waals surface area contributed by atoms with Gasteiger partial charge in [-0.25, -0.2) is 0 Å². The topological polar surface area (TPSA) is 155 Å². The smallest absolute Gasteiger partial charge is 0.191 e. The molecule has 0 radical (unpaired) electrons. The number of nitrogens with two attached hydrogens (primary N) is 1. The van der Waals surface area contributed by atoms with Crippen LogP contribution < -0.4 is 20.5 Å². The Morgan fingerprint density at radius 3 is 2.72 bits per heavy atom. The highest BCUT2D eigenvalue weighted by molar-refractivity contribution is 5.84. The summed E-state index contributed by atoms with van der Waals surface area (Å²) >= 11 is 0. The Morgan fingerprint density at radius 1 is 1.07 bits per heavy atom. The molecule has 9 unspecified atom stereocenters. The molecule has 1 fully saturated rings. The fourth-order valence-electron chi connectivity index (χ4n) is 10.5. The number of hydrogen-bond acceptors (Lipinski definition) is 8. The van der Waals surface area contributed by atoms with Gasteiger partial charge in [0.05, 0.1) is 29.1 Å². The standard InChI is InChI=1S/C51H58N4O6/c1-3-4-5-8-37(48(59)38-12-9-31(2)25-45(38)58)44(57)16-10-32-11-18-46-47(26-32)61-50-41(51(22-24-60-46)20-6-7-21-51)15-17-43(56)35-13-14-36-34(19-23-53-49(36)52)39(35)27-33-28-54-42-30-55(50)29-40(33)42/h9,11-14,18-19,23,26,28-31,37-38,41,43,45,48-50,53-54,56,58-59H,3-8,10,16,20-21,25,27,52H2,1-2H3. The van der Waals surface area contributed by atoms with Crippen LogP contribution in [0.15, 0.2) is 67.3 Å². The normalized spacial score (nSPS) is 26.7. The van der Waals surface area contributed by atoms with Gasteiger partial charge in [-0.15, -0.1) is 0 Å². The third-order valence-electron chi connectivity index (χ3n) is 14.0. The first kappa shape index (κ1) is 41.1. The minimum Gasteiger partial charge on any atom is -0.465 e. The first-order valence-electron chi connectivity index (χ1n) is 22.4. The van der Waals surface area contributed by atoms with E-state index >= 15 is 0 Å². The van der Waals surface area contributed by atoms with Crippen LogP contribution in [0.25, 0.3) is 17.0 Å². The number of ketones is 1. The molecule has 61 heavy (non-hydrogen) atoms.